The molecule has 0 saturated heterocycles. The SMILES string of the molecule is O=C(Nc1ccc(F)c(Br)c1)c1ccc(F)c(F)c1. The van der Waals surface area contributed by atoms with Crippen molar-refractivity contribution in [2.45, 2.75) is 0 Å². The van der Waals surface area contributed by atoms with Crippen molar-refractivity contribution in [3.63, 3.8) is 0 Å². The number of hydrogen-bond donors (Lipinski definition) is 1. The molecule has 0 atom stereocenters. The summed E-state index contributed by atoms with van der Waals surface area (Å²) in [6, 6.07) is 6.72. The van der Waals surface area contributed by atoms with Gasteiger partial charge in [0.05, 0.1) is 4.47 Å². The summed E-state index contributed by atoms with van der Waals surface area (Å²) in [6.07, 6.45) is 0. The summed E-state index contributed by atoms with van der Waals surface area (Å²) in [5.41, 5.74) is 0.308. The zero-order valence-corrected chi connectivity index (χ0v) is 11.0. The summed E-state index contributed by atoms with van der Waals surface area (Å²) < 4.78 is 38.9. The van der Waals surface area contributed by atoms with Crippen molar-refractivity contribution in [1.29, 1.82) is 0 Å². The molecule has 1 amide bonds. The van der Waals surface area contributed by atoms with Gasteiger partial charge in [0.25, 0.3) is 5.91 Å². The molecule has 2 rings (SSSR count). The van der Waals surface area contributed by atoms with Crippen LogP contribution in [0.25, 0.3) is 0 Å². The monoisotopic (exact) mass is 329 g/mol. The molecular weight excluding hydrogens is 323 g/mol. The van der Waals surface area contributed by atoms with E-state index >= 15 is 0 Å². The van der Waals surface area contributed by atoms with E-state index in [1.165, 1.54) is 18.2 Å². The molecule has 0 fully saturated rings. The Bertz CT molecular complexity index is 646. The van der Waals surface area contributed by atoms with Crippen LogP contribution in [0.2, 0.25) is 0 Å². The van der Waals surface area contributed by atoms with E-state index in [-0.39, 0.29) is 10.0 Å². The molecule has 0 radical (unpaired) electrons. The Morgan fingerprint density at radius 2 is 1.63 bits per heavy atom. The molecule has 19 heavy (non-hydrogen) atoms. The minimum Gasteiger partial charge on any atom is -0.322 e. The van der Waals surface area contributed by atoms with Gasteiger partial charge in [-0.1, -0.05) is 0 Å². The van der Waals surface area contributed by atoms with Crippen LogP contribution in [0.4, 0.5) is 18.9 Å². The van der Waals surface area contributed by atoms with Crippen LogP contribution in [0, 0.1) is 17.5 Å². The number of benzene rings is 2. The Kier molecular flexibility index (Phi) is 3.90. The number of hydrogen-bond acceptors (Lipinski definition) is 1. The van der Waals surface area contributed by atoms with Crippen LogP contribution < -0.4 is 5.32 Å². The first-order valence-electron chi connectivity index (χ1n) is 5.19. The number of amides is 1. The normalized spacial score (nSPS) is 10.3. The van der Waals surface area contributed by atoms with Gasteiger partial charge in [0.2, 0.25) is 0 Å². The third-order valence-electron chi connectivity index (χ3n) is 2.36. The quantitative estimate of drug-likeness (QED) is 0.882. The highest BCUT2D eigenvalue weighted by Crippen LogP contribution is 2.20. The molecular formula is C13H7BrF3NO. The lowest BCUT2D eigenvalue weighted by atomic mass is 10.2. The summed E-state index contributed by atoms with van der Waals surface area (Å²) in [5.74, 6) is -3.21. The average Bonchev–Trinajstić information content (AvgIpc) is 2.37. The maximum Gasteiger partial charge on any atom is 0.255 e. The topological polar surface area (TPSA) is 29.1 Å². The predicted octanol–water partition coefficient (Wildman–Crippen LogP) is 4.12. The molecule has 98 valence electrons. The Balaban J connectivity index is 2.20. The molecule has 0 unspecified atom stereocenters. The van der Waals surface area contributed by atoms with Crippen molar-refractivity contribution in [1.82, 2.24) is 0 Å². The number of rotatable bonds is 2. The maximum atomic E-state index is 13.0. The lowest BCUT2D eigenvalue weighted by molar-refractivity contribution is 0.102. The van der Waals surface area contributed by atoms with Crippen molar-refractivity contribution in [2.24, 2.45) is 0 Å². The van der Waals surface area contributed by atoms with Crippen molar-refractivity contribution in [3.8, 4) is 0 Å². The van der Waals surface area contributed by atoms with E-state index < -0.39 is 23.4 Å². The first-order chi connectivity index (χ1) is 8.97. The van der Waals surface area contributed by atoms with Crippen LogP contribution in [-0.2, 0) is 0 Å². The minimum absolute atomic E-state index is 0.0284. The van der Waals surface area contributed by atoms with Crippen molar-refractivity contribution in [2.75, 3.05) is 5.32 Å². The highest BCUT2D eigenvalue weighted by Gasteiger charge is 2.10. The van der Waals surface area contributed by atoms with Crippen LogP contribution in [0.15, 0.2) is 40.9 Å². The van der Waals surface area contributed by atoms with Crippen LogP contribution in [-0.4, -0.2) is 5.91 Å². The highest BCUT2D eigenvalue weighted by molar-refractivity contribution is 9.10. The van der Waals surface area contributed by atoms with Crippen molar-refractivity contribution in [3.05, 3.63) is 63.9 Å². The maximum absolute atomic E-state index is 13.0. The second-order valence-corrected chi connectivity index (χ2v) is 4.57. The molecule has 0 aliphatic heterocycles. The van der Waals surface area contributed by atoms with E-state index in [0.29, 0.717) is 5.69 Å². The highest BCUT2D eigenvalue weighted by atomic mass is 79.9. The zero-order chi connectivity index (χ0) is 14.0. The number of carbonyl (C=O) groups is 1. The van der Waals surface area contributed by atoms with E-state index in [1.54, 1.807) is 0 Å². The zero-order valence-electron chi connectivity index (χ0n) is 9.38. The first-order valence-corrected chi connectivity index (χ1v) is 5.98. The molecule has 6 heteroatoms. The third kappa shape index (κ3) is 3.14. The van der Waals surface area contributed by atoms with E-state index in [9.17, 15) is 18.0 Å². The molecule has 0 aliphatic carbocycles. The first kappa shape index (κ1) is 13.6. The lowest BCUT2D eigenvalue weighted by Crippen LogP contribution is -2.12. The summed E-state index contributed by atoms with van der Waals surface area (Å²) in [5, 5.41) is 2.45. The Morgan fingerprint density at radius 1 is 0.947 bits per heavy atom. The van der Waals surface area contributed by atoms with Crippen LogP contribution >= 0.6 is 15.9 Å². The van der Waals surface area contributed by atoms with E-state index in [1.807, 2.05) is 0 Å². The number of anilines is 1. The van der Waals surface area contributed by atoms with Gasteiger partial charge in [-0.15, -0.1) is 0 Å². The average molecular weight is 330 g/mol. The molecule has 0 aliphatic rings. The van der Waals surface area contributed by atoms with Gasteiger partial charge in [0.1, 0.15) is 5.82 Å². The van der Waals surface area contributed by atoms with Crippen LogP contribution in [0.5, 0.6) is 0 Å². The van der Waals surface area contributed by atoms with Gasteiger partial charge in [-0.05, 0) is 52.3 Å². The molecule has 2 nitrogen and oxygen atoms in total. The van der Waals surface area contributed by atoms with Crippen LogP contribution in [0.1, 0.15) is 10.4 Å². The summed E-state index contributed by atoms with van der Waals surface area (Å²) in [7, 11) is 0. The molecule has 0 saturated carbocycles. The van der Waals surface area contributed by atoms with E-state index in [4.69, 9.17) is 0 Å². The fourth-order valence-electron chi connectivity index (χ4n) is 1.41. The molecule has 1 N–H and O–H groups in total. The Hall–Kier alpha value is -1.82. The smallest absolute Gasteiger partial charge is 0.255 e. The third-order valence-corrected chi connectivity index (χ3v) is 2.97. The summed E-state index contributed by atoms with van der Waals surface area (Å²) >= 11 is 2.98. The minimum atomic E-state index is -1.10. The molecule has 0 heterocycles. The van der Waals surface area contributed by atoms with Crippen LogP contribution in [0.3, 0.4) is 0 Å². The fourth-order valence-corrected chi connectivity index (χ4v) is 1.79. The second kappa shape index (κ2) is 5.44. The molecule has 2 aromatic rings. The Morgan fingerprint density at radius 3 is 2.26 bits per heavy atom. The fraction of sp³-hybridized carbons (Fsp3) is 0. The van der Waals surface area contributed by atoms with E-state index in [2.05, 4.69) is 21.2 Å². The van der Waals surface area contributed by atoms with Crippen molar-refractivity contribution < 1.29 is 18.0 Å². The van der Waals surface area contributed by atoms with Gasteiger partial charge in [-0.25, -0.2) is 13.2 Å². The van der Waals surface area contributed by atoms with Gasteiger partial charge in [0.15, 0.2) is 11.6 Å². The predicted molar refractivity (Wildman–Crippen MR) is 68.4 cm³/mol. The Labute approximate surface area is 115 Å². The largest absolute Gasteiger partial charge is 0.322 e. The molecule has 2 aromatic carbocycles. The van der Waals surface area contributed by atoms with Gasteiger partial charge in [0, 0.05) is 11.3 Å². The lowest BCUT2D eigenvalue weighted by Gasteiger charge is -2.06. The number of halogens is 4. The van der Waals surface area contributed by atoms with Gasteiger partial charge in [-0.3, -0.25) is 4.79 Å². The molecule has 0 bridgehead atoms. The van der Waals surface area contributed by atoms with Crippen molar-refractivity contribution >= 4 is 27.5 Å². The van der Waals surface area contributed by atoms with Gasteiger partial charge in [-0.2, -0.15) is 0 Å². The molecule has 0 aromatic heterocycles. The summed E-state index contributed by atoms with van der Waals surface area (Å²) in [4.78, 5) is 11.8. The number of carbonyl (C=O) groups excluding carboxylic acids is 1. The van der Waals surface area contributed by atoms with Gasteiger partial charge >= 0.3 is 0 Å². The standard InChI is InChI=1S/C13H7BrF3NO/c14-9-6-8(2-4-10(9)15)18-13(19)7-1-3-11(16)12(17)5-7/h1-6H,(H,18,19). The van der Waals surface area contributed by atoms with E-state index in [0.717, 1.165) is 18.2 Å². The number of nitrogens with one attached hydrogen (secondary N) is 1. The summed E-state index contributed by atoms with van der Waals surface area (Å²) in [6.45, 7) is 0. The second-order valence-electron chi connectivity index (χ2n) is 3.71. The van der Waals surface area contributed by atoms with Gasteiger partial charge < -0.3 is 5.32 Å². The molecule has 0 spiro atoms.